The average molecular weight is 367 g/mol. The fourth-order valence-corrected chi connectivity index (χ4v) is 3.92. The minimum Gasteiger partial charge on any atom is -0.393 e. The molecule has 1 aromatic heterocycles. The number of aromatic nitrogens is 2. The summed E-state index contributed by atoms with van der Waals surface area (Å²) in [5.41, 5.74) is 10.6. The molecule has 5 heteroatoms. The van der Waals surface area contributed by atoms with Crippen molar-refractivity contribution in [2.75, 3.05) is 22.5 Å². The van der Waals surface area contributed by atoms with Crippen molar-refractivity contribution >= 4 is 39.5 Å². The maximum atomic E-state index is 6.53. The third kappa shape index (κ3) is 2.81. The highest BCUT2D eigenvalue weighted by Gasteiger charge is 2.22. The molecular formula is C23H21N5. The largest absolute Gasteiger partial charge is 0.393 e. The topological polar surface area (TPSA) is 67.1 Å². The van der Waals surface area contributed by atoms with E-state index in [1.54, 1.807) is 6.33 Å². The second-order valence-electron chi connectivity index (χ2n) is 7.00. The molecule has 1 aliphatic rings. The number of nitrogens with zero attached hydrogens (tertiary/aromatic N) is 3. The smallest absolute Gasteiger partial charge is 0.161 e. The Hall–Kier alpha value is -3.60. The first-order valence-corrected chi connectivity index (χ1v) is 9.52. The summed E-state index contributed by atoms with van der Waals surface area (Å²) in [6.45, 7) is 0.895. The normalized spacial score (nSPS) is 13.4. The van der Waals surface area contributed by atoms with E-state index < -0.39 is 0 Å². The lowest BCUT2D eigenvalue weighted by atomic mass is 10.0. The van der Waals surface area contributed by atoms with Crippen LogP contribution in [0.2, 0.25) is 0 Å². The van der Waals surface area contributed by atoms with E-state index in [0.29, 0.717) is 11.5 Å². The molecule has 2 heterocycles. The number of hydrogen-bond acceptors (Lipinski definition) is 5. The summed E-state index contributed by atoms with van der Waals surface area (Å²) >= 11 is 0. The predicted molar refractivity (Wildman–Crippen MR) is 115 cm³/mol. The van der Waals surface area contributed by atoms with E-state index >= 15 is 0 Å². The molecule has 0 fully saturated rings. The monoisotopic (exact) mass is 367 g/mol. The van der Waals surface area contributed by atoms with Gasteiger partial charge in [0.05, 0.1) is 0 Å². The molecule has 0 bridgehead atoms. The van der Waals surface area contributed by atoms with Gasteiger partial charge >= 0.3 is 0 Å². The molecule has 0 radical (unpaired) electrons. The zero-order chi connectivity index (χ0) is 18.9. The van der Waals surface area contributed by atoms with Crippen molar-refractivity contribution in [3.63, 3.8) is 0 Å². The zero-order valence-electron chi connectivity index (χ0n) is 15.5. The lowest BCUT2D eigenvalue weighted by Gasteiger charge is -2.31. The van der Waals surface area contributed by atoms with Gasteiger partial charge in [0.15, 0.2) is 11.6 Å². The van der Waals surface area contributed by atoms with Gasteiger partial charge in [-0.15, -0.1) is 0 Å². The molecule has 0 unspecified atom stereocenters. The number of hydrogen-bond donors (Lipinski definition) is 2. The number of rotatable bonds is 3. The number of nitrogen functional groups attached to an aromatic ring is 1. The van der Waals surface area contributed by atoms with Gasteiger partial charge in [-0.25, -0.2) is 9.97 Å². The quantitative estimate of drug-likeness (QED) is 0.531. The molecule has 138 valence electrons. The molecule has 4 aromatic rings. The van der Waals surface area contributed by atoms with Crippen LogP contribution in [-0.2, 0) is 6.42 Å². The van der Waals surface area contributed by atoms with Crippen LogP contribution in [0, 0.1) is 0 Å². The second-order valence-corrected chi connectivity index (χ2v) is 7.00. The van der Waals surface area contributed by atoms with Gasteiger partial charge in [0.1, 0.15) is 12.0 Å². The first kappa shape index (κ1) is 16.6. The Morgan fingerprint density at radius 1 is 0.893 bits per heavy atom. The highest BCUT2D eigenvalue weighted by atomic mass is 15.2. The number of fused-ring (bicyclic) bond motifs is 2. The summed E-state index contributed by atoms with van der Waals surface area (Å²) in [5.74, 6) is 1.38. The number of para-hydroxylation sites is 1. The van der Waals surface area contributed by atoms with Gasteiger partial charge in [-0.1, -0.05) is 54.6 Å². The molecule has 28 heavy (non-hydrogen) atoms. The molecule has 5 rings (SSSR count). The van der Waals surface area contributed by atoms with Crippen molar-refractivity contribution in [1.29, 1.82) is 0 Å². The van der Waals surface area contributed by atoms with Crippen molar-refractivity contribution in [3.8, 4) is 0 Å². The summed E-state index contributed by atoms with van der Waals surface area (Å²) in [7, 11) is 0. The van der Waals surface area contributed by atoms with Crippen LogP contribution >= 0.6 is 0 Å². The van der Waals surface area contributed by atoms with E-state index in [4.69, 9.17) is 5.73 Å². The van der Waals surface area contributed by atoms with Crippen LogP contribution in [0.5, 0.6) is 0 Å². The highest BCUT2D eigenvalue weighted by molar-refractivity contribution is 5.96. The summed E-state index contributed by atoms with van der Waals surface area (Å²) in [6, 6.07) is 22.9. The Kier molecular flexibility index (Phi) is 4.05. The number of nitrogens with two attached hydrogens (primary N) is 1. The summed E-state index contributed by atoms with van der Waals surface area (Å²) in [5, 5.41) is 5.72. The fourth-order valence-electron chi connectivity index (χ4n) is 3.92. The molecule has 3 aromatic carbocycles. The van der Waals surface area contributed by atoms with Crippen LogP contribution in [0.3, 0.4) is 0 Å². The number of anilines is 5. The Labute approximate surface area is 163 Å². The van der Waals surface area contributed by atoms with E-state index in [1.807, 2.05) is 24.3 Å². The summed E-state index contributed by atoms with van der Waals surface area (Å²) in [6.07, 6.45) is 3.74. The lowest BCUT2D eigenvalue weighted by molar-refractivity contribution is 0.759. The minimum absolute atomic E-state index is 0.562. The SMILES string of the molecule is Nc1c(Nc2cccc3ccccc23)ncnc1N1CCCc2ccccc21. The third-order valence-electron chi connectivity index (χ3n) is 5.27. The van der Waals surface area contributed by atoms with Crippen LogP contribution in [0.25, 0.3) is 10.8 Å². The van der Waals surface area contributed by atoms with Gasteiger partial charge in [-0.3, -0.25) is 0 Å². The molecule has 0 amide bonds. The maximum Gasteiger partial charge on any atom is 0.161 e. The maximum absolute atomic E-state index is 6.53. The van der Waals surface area contributed by atoms with Crippen molar-refractivity contribution < 1.29 is 0 Å². The Morgan fingerprint density at radius 3 is 2.68 bits per heavy atom. The number of aryl methyl sites for hydroxylation is 1. The zero-order valence-corrected chi connectivity index (χ0v) is 15.5. The van der Waals surface area contributed by atoms with Gasteiger partial charge in [0.2, 0.25) is 0 Å². The van der Waals surface area contributed by atoms with Gasteiger partial charge < -0.3 is 16.0 Å². The van der Waals surface area contributed by atoms with Gasteiger partial charge in [-0.2, -0.15) is 0 Å². The standard InChI is InChI=1S/C23H21N5/c24-21-22(27-19-12-5-9-16-7-1-3-11-18(16)19)25-15-26-23(21)28-14-6-10-17-8-2-4-13-20(17)28/h1-5,7-9,11-13,15H,6,10,14,24H2,(H,25,26,27). The molecule has 0 saturated carbocycles. The second kappa shape index (κ2) is 6.85. The van der Waals surface area contributed by atoms with Gasteiger partial charge in [-0.05, 0) is 35.9 Å². The Balaban J connectivity index is 1.55. The molecule has 3 N–H and O–H groups in total. The van der Waals surface area contributed by atoms with Crippen molar-refractivity contribution in [3.05, 3.63) is 78.6 Å². The van der Waals surface area contributed by atoms with Gasteiger partial charge in [0, 0.05) is 23.3 Å². The van der Waals surface area contributed by atoms with Crippen molar-refractivity contribution in [1.82, 2.24) is 9.97 Å². The average Bonchev–Trinajstić information content (AvgIpc) is 2.75. The number of nitrogens with one attached hydrogen (secondary N) is 1. The van der Waals surface area contributed by atoms with E-state index in [0.717, 1.165) is 36.3 Å². The van der Waals surface area contributed by atoms with E-state index in [9.17, 15) is 0 Å². The first-order chi connectivity index (χ1) is 13.8. The highest BCUT2D eigenvalue weighted by Crippen LogP contribution is 2.38. The summed E-state index contributed by atoms with van der Waals surface area (Å²) < 4.78 is 0. The predicted octanol–water partition coefficient (Wildman–Crippen LogP) is 5.04. The van der Waals surface area contributed by atoms with Crippen LogP contribution < -0.4 is 16.0 Å². The van der Waals surface area contributed by atoms with Gasteiger partial charge in [0.25, 0.3) is 0 Å². The Morgan fingerprint density at radius 2 is 1.71 bits per heavy atom. The molecule has 0 aliphatic carbocycles. The van der Waals surface area contributed by atoms with E-state index in [1.165, 1.54) is 16.6 Å². The number of benzene rings is 3. The van der Waals surface area contributed by atoms with Crippen LogP contribution in [0.4, 0.5) is 28.7 Å². The minimum atomic E-state index is 0.562. The molecular weight excluding hydrogens is 346 g/mol. The Bertz CT molecular complexity index is 1150. The van der Waals surface area contributed by atoms with Crippen LogP contribution in [-0.4, -0.2) is 16.5 Å². The first-order valence-electron chi connectivity index (χ1n) is 9.52. The van der Waals surface area contributed by atoms with Crippen LogP contribution in [0.1, 0.15) is 12.0 Å². The third-order valence-corrected chi connectivity index (χ3v) is 5.27. The summed E-state index contributed by atoms with van der Waals surface area (Å²) in [4.78, 5) is 11.1. The van der Waals surface area contributed by atoms with Crippen molar-refractivity contribution in [2.24, 2.45) is 0 Å². The molecule has 1 aliphatic heterocycles. The fraction of sp³-hybridized carbons (Fsp3) is 0.130. The van der Waals surface area contributed by atoms with E-state index in [-0.39, 0.29) is 0 Å². The van der Waals surface area contributed by atoms with E-state index in [2.05, 4.69) is 62.6 Å². The van der Waals surface area contributed by atoms with Crippen molar-refractivity contribution in [2.45, 2.75) is 12.8 Å². The van der Waals surface area contributed by atoms with Crippen LogP contribution in [0.15, 0.2) is 73.1 Å². The lowest BCUT2D eigenvalue weighted by Crippen LogP contribution is -2.26. The molecule has 0 spiro atoms. The molecule has 0 atom stereocenters. The molecule has 5 nitrogen and oxygen atoms in total. The molecule has 0 saturated heterocycles.